The molecule has 1 aliphatic rings. The molecular weight excluding hydrogens is 224 g/mol. The molecule has 0 radical (unpaired) electrons. The summed E-state index contributed by atoms with van der Waals surface area (Å²) in [5.74, 6) is 1.55. The smallest absolute Gasteiger partial charge is 0.247 e. The van der Waals surface area contributed by atoms with Crippen LogP contribution < -0.4 is 0 Å². The number of rotatable bonds is 2. The maximum atomic E-state index is 5.40. The minimum atomic E-state index is 0.386. The Hall–Kier alpha value is -2.16. The predicted molar refractivity (Wildman–Crippen MR) is 70.1 cm³/mol. The summed E-state index contributed by atoms with van der Waals surface area (Å²) in [5, 5.41) is 7.85. The van der Waals surface area contributed by atoms with Crippen molar-refractivity contribution in [2.45, 2.75) is 19.3 Å². The van der Waals surface area contributed by atoms with Crippen molar-refractivity contribution in [1.82, 2.24) is 10.2 Å². The van der Waals surface area contributed by atoms with Gasteiger partial charge in [0.25, 0.3) is 0 Å². The van der Waals surface area contributed by atoms with Crippen molar-refractivity contribution in [3.8, 4) is 11.5 Å². The van der Waals surface area contributed by atoms with E-state index in [1.165, 1.54) is 5.56 Å². The van der Waals surface area contributed by atoms with E-state index in [0.29, 0.717) is 17.7 Å². The number of allylic oxidation sites excluding steroid dienone is 4. The fourth-order valence-electron chi connectivity index (χ4n) is 2.08. The van der Waals surface area contributed by atoms with Crippen molar-refractivity contribution >= 4 is 0 Å². The highest BCUT2D eigenvalue weighted by molar-refractivity contribution is 5.53. The van der Waals surface area contributed by atoms with E-state index in [4.69, 9.17) is 4.42 Å². The Morgan fingerprint density at radius 3 is 2.39 bits per heavy atom. The first-order chi connectivity index (χ1) is 8.83. The van der Waals surface area contributed by atoms with Crippen LogP contribution in [0.4, 0.5) is 0 Å². The third kappa shape index (κ3) is 2.12. The van der Waals surface area contributed by atoms with Gasteiger partial charge in [0.2, 0.25) is 11.8 Å². The molecular formula is C15H14N2O. The summed E-state index contributed by atoms with van der Waals surface area (Å²) >= 11 is 0. The zero-order chi connectivity index (χ0) is 12.4. The molecule has 18 heavy (non-hydrogen) atoms. The van der Waals surface area contributed by atoms with Crippen molar-refractivity contribution in [1.29, 1.82) is 0 Å². The summed E-state index contributed by atoms with van der Waals surface area (Å²) < 4.78 is 5.40. The van der Waals surface area contributed by atoms with Gasteiger partial charge in [0.15, 0.2) is 0 Å². The average Bonchev–Trinajstić information content (AvgIpc) is 2.87. The van der Waals surface area contributed by atoms with Crippen LogP contribution in [0.15, 0.2) is 53.0 Å². The van der Waals surface area contributed by atoms with Gasteiger partial charge in [-0.1, -0.05) is 36.4 Å². The maximum absolute atomic E-state index is 5.40. The molecule has 0 unspecified atom stereocenters. The Morgan fingerprint density at radius 2 is 1.78 bits per heavy atom. The fourth-order valence-corrected chi connectivity index (χ4v) is 2.08. The molecule has 2 aromatic rings. The third-order valence-electron chi connectivity index (χ3n) is 3.03. The fraction of sp³-hybridized carbons (Fsp3) is 0.200. The van der Waals surface area contributed by atoms with E-state index in [9.17, 15) is 0 Å². The average molecular weight is 238 g/mol. The second-order valence-corrected chi connectivity index (χ2v) is 4.37. The zero-order valence-corrected chi connectivity index (χ0v) is 10.2. The molecule has 1 heterocycles. The van der Waals surface area contributed by atoms with Gasteiger partial charge in [-0.15, -0.1) is 10.2 Å². The first-order valence-corrected chi connectivity index (χ1v) is 6.07. The van der Waals surface area contributed by atoms with Gasteiger partial charge >= 0.3 is 0 Å². The van der Waals surface area contributed by atoms with Crippen molar-refractivity contribution in [2.24, 2.45) is 0 Å². The second kappa shape index (κ2) is 4.61. The molecule has 1 aliphatic carbocycles. The number of aromatic nitrogens is 2. The van der Waals surface area contributed by atoms with Gasteiger partial charge in [0, 0.05) is 18.4 Å². The highest BCUT2D eigenvalue weighted by Crippen LogP contribution is 2.25. The first-order valence-electron chi connectivity index (χ1n) is 6.07. The van der Waals surface area contributed by atoms with Crippen LogP contribution in [0.1, 0.15) is 23.8 Å². The van der Waals surface area contributed by atoms with Crippen LogP contribution in [0.25, 0.3) is 11.5 Å². The molecule has 0 N–H and O–H groups in total. The monoisotopic (exact) mass is 238 g/mol. The number of aryl methyl sites for hydroxylation is 1. The lowest BCUT2D eigenvalue weighted by Gasteiger charge is -2.11. The summed E-state index contributed by atoms with van der Waals surface area (Å²) in [6, 6.07) is 8.27. The molecule has 0 saturated carbocycles. The Bertz CT molecular complexity index is 581. The predicted octanol–water partition coefficient (Wildman–Crippen LogP) is 3.64. The zero-order valence-electron chi connectivity index (χ0n) is 10.2. The van der Waals surface area contributed by atoms with Gasteiger partial charge in [-0.05, 0) is 24.1 Å². The topological polar surface area (TPSA) is 38.9 Å². The van der Waals surface area contributed by atoms with E-state index in [1.807, 2.05) is 12.1 Å². The van der Waals surface area contributed by atoms with E-state index >= 15 is 0 Å². The molecule has 0 amide bonds. The molecule has 0 fully saturated rings. The van der Waals surface area contributed by atoms with Crippen molar-refractivity contribution in [3.05, 3.63) is 60.0 Å². The number of hydrogen-bond donors (Lipinski definition) is 0. The quantitative estimate of drug-likeness (QED) is 0.750. The van der Waals surface area contributed by atoms with Crippen LogP contribution in [-0.2, 0) is 0 Å². The van der Waals surface area contributed by atoms with Crippen LogP contribution in [0, 0.1) is 6.92 Å². The van der Waals surface area contributed by atoms with Crippen molar-refractivity contribution in [3.63, 3.8) is 0 Å². The molecule has 3 rings (SSSR count). The van der Waals surface area contributed by atoms with Crippen LogP contribution >= 0.6 is 0 Å². The van der Waals surface area contributed by atoms with E-state index in [1.54, 1.807) is 6.92 Å². The summed E-state index contributed by atoms with van der Waals surface area (Å²) in [4.78, 5) is 0. The Kier molecular flexibility index (Phi) is 2.81. The summed E-state index contributed by atoms with van der Waals surface area (Å²) in [5.41, 5.74) is 2.24. The molecule has 0 aliphatic heterocycles. The lowest BCUT2D eigenvalue weighted by molar-refractivity contribution is 0.533. The molecule has 0 spiro atoms. The van der Waals surface area contributed by atoms with Gasteiger partial charge in [0.05, 0.1) is 0 Å². The minimum Gasteiger partial charge on any atom is -0.421 e. The normalized spacial score (nSPS) is 15.2. The van der Waals surface area contributed by atoms with E-state index in [2.05, 4.69) is 46.6 Å². The van der Waals surface area contributed by atoms with Crippen LogP contribution in [-0.4, -0.2) is 10.2 Å². The number of nitrogens with zero attached hydrogens (tertiary/aromatic N) is 2. The molecule has 90 valence electrons. The molecule has 1 aromatic heterocycles. The van der Waals surface area contributed by atoms with Gasteiger partial charge in [-0.3, -0.25) is 0 Å². The SMILES string of the molecule is Cc1nnc(-c2ccc(C3C=CCC=C3)cc2)o1. The van der Waals surface area contributed by atoms with Gasteiger partial charge in [0.1, 0.15) is 0 Å². The van der Waals surface area contributed by atoms with E-state index in [0.717, 1.165) is 12.0 Å². The van der Waals surface area contributed by atoms with Crippen molar-refractivity contribution in [2.75, 3.05) is 0 Å². The van der Waals surface area contributed by atoms with Gasteiger partial charge < -0.3 is 4.42 Å². The largest absolute Gasteiger partial charge is 0.421 e. The summed E-state index contributed by atoms with van der Waals surface area (Å²) in [6.07, 6.45) is 9.88. The molecule has 0 bridgehead atoms. The maximum Gasteiger partial charge on any atom is 0.247 e. The number of benzene rings is 1. The molecule has 0 atom stereocenters. The standard InChI is InChI=1S/C15H14N2O/c1-11-16-17-15(18-11)14-9-7-13(8-10-14)12-5-3-2-4-6-12/h3-10,12H,2H2,1H3. The minimum absolute atomic E-state index is 0.386. The summed E-state index contributed by atoms with van der Waals surface area (Å²) in [7, 11) is 0. The lowest BCUT2D eigenvalue weighted by atomic mass is 9.94. The molecule has 3 heteroatoms. The molecule has 3 nitrogen and oxygen atoms in total. The van der Waals surface area contributed by atoms with Crippen LogP contribution in [0.5, 0.6) is 0 Å². The van der Waals surface area contributed by atoms with Gasteiger partial charge in [-0.25, -0.2) is 0 Å². The van der Waals surface area contributed by atoms with Crippen molar-refractivity contribution < 1.29 is 4.42 Å². The first kappa shape index (κ1) is 11.0. The second-order valence-electron chi connectivity index (χ2n) is 4.37. The lowest BCUT2D eigenvalue weighted by Crippen LogP contribution is -1.93. The highest BCUT2D eigenvalue weighted by Gasteiger charge is 2.09. The third-order valence-corrected chi connectivity index (χ3v) is 3.03. The molecule has 0 saturated heterocycles. The van der Waals surface area contributed by atoms with Crippen LogP contribution in [0.3, 0.4) is 0 Å². The Balaban J connectivity index is 1.87. The van der Waals surface area contributed by atoms with Crippen LogP contribution in [0.2, 0.25) is 0 Å². The van der Waals surface area contributed by atoms with Gasteiger partial charge in [-0.2, -0.15) is 0 Å². The number of hydrogen-bond acceptors (Lipinski definition) is 3. The van der Waals surface area contributed by atoms with E-state index < -0.39 is 0 Å². The molecule has 1 aromatic carbocycles. The summed E-state index contributed by atoms with van der Waals surface area (Å²) in [6.45, 7) is 1.79. The highest BCUT2D eigenvalue weighted by atomic mass is 16.4. The Labute approximate surface area is 106 Å². The Morgan fingerprint density at radius 1 is 1.06 bits per heavy atom. The van der Waals surface area contributed by atoms with E-state index in [-0.39, 0.29) is 0 Å².